The van der Waals surface area contributed by atoms with Gasteiger partial charge in [-0.05, 0) is 50.5 Å². The van der Waals surface area contributed by atoms with Gasteiger partial charge in [0.25, 0.3) is 0 Å². The first-order valence-electron chi connectivity index (χ1n) is 5.41. The van der Waals surface area contributed by atoms with Crippen molar-refractivity contribution < 1.29 is 5.11 Å². The van der Waals surface area contributed by atoms with Crippen LogP contribution >= 0.6 is 0 Å². The van der Waals surface area contributed by atoms with Gasteiger partial charge in [-0.25, -0.2) is 0 Å². The minimum Gasteiger partial charge on any atom is -0.508 e. The molecule has 0 atom stereocenters. The largest absolute Gasteiger partial charge is 0.508 e. The van der Waals surface area contributed by atoms with Crippen molar-refractivity contribution in [2.45, 2.75) is 46.1 Å². The fourth-order valence-corrected chi connectivity index (χ4v) is 1.53. The number of phenols is 1. The van der Waals surface area contributed by atoms with Crippen molar-refractivity contribution in [1.82, 2.24) is 0 Å². The smallest absolute Gasteiger partial charge is 0.119 e. The Hall–Kier alpha value is -1.18. The SMILES string of the molecule is CC(C)c1cc(NC(C)(C)C)ccc1O. The Kier molecular flexibility index (Phi) is 3.28. The Bertz CT molecular complexity index is 337. The molecule has 15 heavy (non-hydrogen) atoms. The summed E-state index contributed by atoms with van der Waals surface area (Å²) in [6.07, 6.45) is 0. The number of aromatic hydroxyl groups is 1. The summed E-state index contributed by atoms with van der Waals surface area (Å²) in [4.78, 5) is 0. The van der Waals surface area contributed by atoms with Gasteiger partial charge in [-0.3, -0.25) is 0 Å². The first-order chi connectivity index (χ1) is 6.79. The molecule has 0 spiro atoms. The van der Waals surface area contributed by atoms with Crippen molar-refractivity contribution in [3.05, 3.63) is 23.8 Å². The third kappa shape index (κ3) is 3.46. The monoisotopic (exact) mass is 207 g/mol. The van der Waals surface area contributed by atoms with Crippen LogP contribution in [0.4, 0.5) is 5.69 Å². The van der Waals surface area contributed by atoms with Gasteiger partial charge in [0.05, 0.1) is 0 Å². The van der Waals surface area contributed by atoms with Gasteiger partial charge in [-0.1, -0.05) is 13.8 Å². The predicted molar refractivity (Wildman–Crippen MR) is 65.6 cm³/mol. The van der Waals surface area contributed by atoms with Crippen molar-refractivity contribution in [3.8, 4) is 5.75 Å². The van der Waals surface area contributed by atoms with Crippen molar-refractivity contribution in [2.75, 3.05) is 5.32 Å². The van der Waals surface area contributed by atoms with Crippen LogP contribution in [0.3, 0.4) is 0 Å². The normalized spacial score (nSPS) is 11.9. The van der Waals surface area contributed by atoms with Crippen LogP contribution in [0.5, 0.6) is 5.75 Å². The fraction of sp³-hybridized carbons (Fsp3) is 0.538. The molecule has 0 aliphatic heterocycles. The van der Waals surface area contributed by atoms with Crippen LogP contribution in [-0.4, -0.2) is 10.6 Å². The topological polar surface area (TPSA) is 32.3 Å². The minimum absolute atomic E-state index is 0.0468. The third-order valence-electron chi connectivity index (χ3n) is 2.17. The van der Waals surface area contributed by atoms with E-state index in [0.717, 1.165) is 11.3 Å². The first-order valence-corrected chi connectivity index (χ1v) is 5.41. The molecule has 0 saturated heterocycles. The fourth-order valence-electron chi connectivity index (χ4n) is 1.53. The maximum atomic E-state index is 9.68. The molecular weight excluding hydrogens is 186 g/mol. The van der Waals surface area contributed by atoms with E-state index in [4.69, 9.17) is 0 Å². The second-order valence-electron chi connectivity index (χ2n) is 5.30. The van der Waals surface area contributed by atoms with E-state index in [1.165, 1.54) is 0 Å². The highest BCUT2D eigenvalue weighted by Crippen LogP contribution is 2.29. The van der Waals surface area contributed by atoms with E-state index in [-0.39, 0.29) is 5.54 Å². The van der Waals surface area contributed by atoms with Gasteiger partial charge in [-0.2, -0.15) is 0 Å². The summed E-state index contributed by atoms with van der Waals surface area (Å²) >= 11 is 0. The highest BCUT2D eigenvalue weighted by Gasteiger charge is 2.11. The lowest BCUT2D eigenvalue weighted by molar-refractivity contribution is 0.465. The lowest BCUT2D eigenvalue weighted by atomic mass is 10.0. The van der Waals surface area contributed by atoms with Gasteiger partial charge in [0.2, 0.25) is 0 Å². The summed E-state index contributed by atoms with van der Waals surface area (Å²) in [5, 5.41) is 13.1. The summed E-state index contributed by atoms with van der Waals surface area (Å²) in [5.74, 6) is 0.719. The van der Waals surface area contributed by atoms with Crippen LogP contribution in [0, 0.1) is 0 Å². The summed E-state index contributed by atoms with van der Waals surface area (Å²) in [5.41, 5.74) is 2.10. The van der Waals surface area contributed by atoms with Crippen LogP contribution in [0.1, 0.15) is 46.1 Å². The molecule has 2 N–H and O–H groups in total. The van der Waals surface area contributed by atoms with E-state index in [2.05, 4.69) is 39.9 Å². The van der Waals surface area contributed by atoms with Gasteiger partial charge < -0.3 is 10.4 Å². The van der Waals surface area contributed by atoms with Crippen molar-refractivity contribution in [1.29, 1.82) is 0 Å². The molecule has 0 heterocycles. The number of rotatable bonds is 2. The van der Waals surface area contributed by atoms with Crippen LogP contribution in [-0.2, 0) is 0 Å². The molecule has 0 aromatic heterocycles. The van der Waals surface area contributed by atoms with Gasteiger partial charge in [0, 0.05) is 11.2 Å². The Balaban J connectivity index is 2.98. The van der Waals surface area contributed by atoms with Crippen LogP contribution in [0.2, 0.25) is 0 Å². The molecule has 1 aromatic rings. The Morgan fingerprint density at radius 3 is 2.27 bits per heavy atom. The maximum Gasteiger partial charge on any atom is 0.119 e. The predicted octanol–water partition coefficient (Wildman–Crippen LogP) is 3.73. The summed E-state index contributed by atoms with van der Waals surface area (Å²) in [6, 6.07) is 5.68. The molecule has 0 bridgehead atoms. The number of anilines is 1. The minimum atomic E-state index is 0.0468. The highest BCUT2D eigenvalue weighted by molar-refractivity contribution is 5.52. The zero-order valence-electron chi connectivity index (χ0n) is 10.3. The number of nitrogens with one attached hydrogen (secondary N) is 1. The van der Waals surface area contributed by atoms with Crippen LogP contribution < -0.4 is 5.32 Å². The molecule has 0 amide bonds. The summed E-state index contributed by atoms with van der Waals surface area (Å²) < 4.78 is 0. The van der Waals surface area contributed by atoms with Crippen molar-refractivity contribution in [2.24, 2.45) is 0 Å². The van der Waals surface area contributed by atoms with E-state index in [1.807, 2.05) is 12.1 Å². The lowest BCUT2D eigenvalue weighted by Gasteiger charge is -2.23. The van der Waals surface area contributed by atoms with Crippen molar-refractivity contribution in [3.63, 3.8) is 0 Å². The van der Waals surface area contributed by atoms with Crippen LogP contribution in [0.25, 0.3) is 0 Å². The number of hydrogen-bond acceptors (Lipinski definition) is 2. The number of benzene rings is 1. The average Bonchev–Trinajstić information content (AvgIpc) is 2.05. The Morgan fingerprint density at radius 2 is 1.80 bits per heavy atom. The zero-order chi connectivity index (χ0) is 11.6. The quantitative estimate of drug-likeness (QED) is 0.724. The second-order valence-corrected chi connectivity index (χ2v) is 5.30. The Labute approximate surface area is 92.3 Å². The molecule has 0 unspecified atom stereocenters. The van der Waals surface area contributed by atoms with Gasteiger partial charge in [0.1, 0.15) is 5.75 Å². The average molecular weight is 207 g/mol. The molecule has 0 aliphatic rings. The van der Waals surface area contributed by atoms with E-state index in [1.54, 1.807) is 6.07 Å². The van der Waals surface area contributed by atoms with E-state index >= 15 is 0 Å². The Morgan fingerprint density at radius 1 is 1.20 bits per heavy atom. The van der Waals surface area contributed by atoms with Crippen molar-refractivity contribution >= 4 is 5.69 Å². The first kappa shape index (κ1) is 11.9. The van der Waals surface area contributed by atoms with Gasteiger partial charge in [-0.15, -0.1) is 0 Å². The summed E-state index contributed by atoms with van der Waals surface area (Å²) in [7, 11) is 0. The lowest BCUT2D eigenvalue weighted by Crippen LogP contribution is -2.26. The molecule has 84 valence electrons. The molecule has 0 saturated carbocycles. The molecule has 0 fully saturated rings. The standard InChI is InChI=1S/C13H21NO/c1-9(2)11-8-10(6-7-12(11)15)14-13(3,4)5/h6-9,14-15H,1-5H3. The van der Waals surface area contributed by atoms with Crippen LogP contribution in [0.15, 0.2) is 18.2 Å². The molecule has 2 nitrogen and oxygen atoms in total. The molecule has 1 aromatic carbocycles. The molecular formula is C13H21NO. The van der Waals surface area contributed by atoms with E-state index in [0.29, 0.717) is 11.7 Å². The summed E-state index contributed by atoms with van der Waals surface area (Å²) in [6.45, 7) is 10.5. The molecule has 0 radical (unpaired) electrons. The third-order valence-corrected chi connectivity index (χ3v) is 2.17. The van der Waals surface area contributed by atoms with Gasteiger partial charge in [0.15, 0.2) is 0 Å². The van der Waals surface area contributed by atoms with E-state index in [9.17, 15) is 5.11 Å². The maximum absolute atomic E-state index is 9.68. The number of hydrogen-bond donors (Lipinski definition) is 2. The zero-order valence-corrected chi connectivity index (χ0v) is 10.3. The molecule has 0 aliphatic carbocycles. The second kappa shape index (κ2) is 4.13. The number of phenolic OH excluding ortho intramolecular Hbond substituents is 1. The molecule has 1 rings (SSSR count). The van der Waals surface area contributed by atoms with Gasteiger partial charge >= 0.3 is 0 Å². The molecule has 2 heteroatoms. The van der Waals surface area contributed by atoms with E-state index < -0.39 is 0 Å². The highest BCUT2D eigenvalue weighted by atomic mass is 16.3.